The summed E-state index contributed by atoms with van der Waals surface area (Å²) in [5, 5.41) is 84.9. The third-order valence-electron chi connectivity index (χ3n) is 8.98. The van der Waals surface area contributed by atoms with E-state index in [1.165, 1.54) is 23.6 Å². The fourth-order valence-electron chi connectivity index (χ4n) is 6.52. The summed E-state index contributed by atoms with van der Waals surface area (Å²) in [7, 11) is 0. The van der Waals surface area contributed by atoms with E-state index in [-0.39, 0.29) is 42.2 Å². The third kappa shape index (κ3) is 4.23. The molecule has 6 unspecified atom stereocenters. The predicted molar refractivity (Wildman–Crippen MR) is 172 cm³/mol. The maximum absolute atomic E-state index is 14.2. The van der Waals surface area contributed by atoms with Crippen molar-refractivity contribution in [3.8, 4) is 0 Å². The van der Waals surface area contributed by atoms with Crippen LogP contribution in [0.4, 0.5) is 0 Å². The average molecular weight is 750 g/mol. The number of imide groups is 1. The molecular weight excluding hydrogens is 719 g/mol. The lowest BCUT2D eigenvalue weighted by Gasteiger charge is -2.41. The first-order valence-electron chi connectivity index (χ1n) is 14.3. The number of halogens is 1. The zero-order valence-corrected chi connectivity index (χ0v) is 26.3. The van der Waals surface area contributed by atoms with Crippen molar-refractivity contribution in [2.45, 2.75) is 49.2 Å². The number of aromatic nitrogens is 2. The van der Waals surface area contributed by atoms with Crippen molar-refractivity contribution in [2.75, 3.05) is 19.8 Å². The van der Waals surface area contributed by atoms with E-state index in [1.807, 2.05) is 0 Å². The number of ether oxygens (including phenoxy) is 1. The number of aliphatic hydroxyl groups excluding tert-OH is 7. The maximum atomic E-state index is 14.2. The summed E-state index contributed by atoms with van der Waals surface area (Å²) in [6.07, 6.45) is -1.70. The van der Waals surface area contributed by atoms with E-state index in [1.54, 1.807) is 12.2 Å². The minimum Gasteiger partial charge on any atom is -0.395 e. The van der Waals surface area contributed by atoms with Gasteiger partial charge in [0.2, 0.25) is 0 Å². The van der Waals surface area contributed by atoms with E-state index in [0.29, 0.717) is 20.5 Å². The lowest BCUT2D eigenvalue weighted by atomic mass is 9.85. The van der Waals surface area contributed by atoms with Crippen molar-refractivity contribution >= 4 is 75.8 Å². The number of nitrogens with zero attached hydrogens (tertiary/aromatic N) is 2. The SMILES string of the molecule is C=C1c2[nH]c3c(c2C=CC1(C)O)c1c(c2c4c(n(C5OC(CO)C(O)C(O)C5O)c23)I=C(O)C=C4)C(=O)N(NC(CO)CO)C1=O. The molecule has 0 radical (unpaired) electrons. The Hall–Kier alpha value is -3.14. The fourth-order valence-corrected chi connectivity index (χ4v) is 8.92. The number of rotatable bonds is 6. The molecule has 0 spiro atoms. The summed E-state index contributed by atoms with van der Waals surface area (Å²) in [4.78, 5) is 31.6. The highest BCUT2D eigenvalue weighted by Crippen LogP contribution is 2.50. The number of hydrogen-bond acceptors (Lipinski definition) is 12. The Morgan fingerprint density at radius 1 is 1.02 bits per heavy atom. The number of H-pyrrole nitrogens is 1. The monoisotopic (exact) mass is 750 g/mol. The molecule has 5 heterocycles. The van der Waals surface area contributed by atoms with Gasteiger partial charge in [-0.15, -0.1) is 0 Å². The van der Waals surface area contributed by atoms with Crippen LogP contribution in [0.3, 0.4) is 0 Å². The smallest absolute Gasteiger partial charge is 0.276 e. The second-order valence-electron chi connectivity index (χ2n) is 11.8. The molecule has 4 aliphatic rings. The van der Waals surface area contributed by atoms with E-state index < -0.39 is 94.7 Å². The second-order valence-corrected chi connectivity index (χ2v) is 14.4. The highest BCUT2D eigenvalue weighted by atomic mass is 127. The lowest BCUT2D eigenvalue weighted by molar-refractivity contribution is -0.250. The number of nitrogens with one attached hydrogen (secondary N) is 2. The summed E-state index contributed by atoms with van der Waals surface area (Å²) >= 11 is -1.40. The first-order chi connectivity index (χ1) is 21.9. The molecule has 46 heavy (non-hydrogen) atoms. The van der Waals surface area contributed by atoms with E-state index >= 15 is 0 Å². The van der Waals surface area contributed by atoms with Gasteiger partial charge in [-0.2, -0.15) is 0 Å². The van der Waals surface area contributed by atoms with Gasteiger partial charge in [0.15, 0.2) is 6.23 Å². The Kier molecular flexibility index (Phi) is 7.49. The van der Waals surface area contributed by atoms with Crippen molar-refractivity contribution < 1.29 is 55.2 Å². The second kappa shape index (κ2) is 11.0. The van der Waals surface area contributed by atoms with Crippen LogP contribution in [0.15, 0.2) is 18.7 Å². The zero-order valence-electron chi connectivity index (χ0n) is 24.2. The molecule has 2 aromatic heterocycles. The van der Waals surface area contributed by atoms with Crippen LogP contribution in [0.1, 0.15) is 50.7 Å². The number of carbonyl (C=O) groups is 2. The molecule has 1 fully saturated rings. The summed E-state index contributed by atoms with van der Waals surface area (Å²) in [5.74, 6) is -1.56. The topological polar surface area (TPSA) is 241 Å². The molecule has 244 valence electrons. The van der Waals surface area contributed by atoms with Crippen molar-refractivity contribution in [3.63, 3.8) is 0 Å². The van der Waals surface area contributed by atoms with Crippen LogP contribution in [0, 0.1) is 3.70 Å². The third-order valence-corrected chi connectivity index (χ3v) is 11.5. The van der Waals surface area contributed by atoms with Crippen molar-refractivity contribution in [2.24, 2.45) is 0 Å². The van der Waals surface area contributed by atoms with Crippen molar-refractivity contribution in [1.82, 2.24) is 20.0 Å². The number of benzene rings is 1. The molecule has 1 saturated heterocycles. The Morgan fingerprint density at radius 3 is 2.35 bits per heavy atom. The van der Waals surface area contributed by atoms with Gasteiger partial charge >= 0.3 is 0 Å². The van der Waals surface area contributed by atoms with Gasteiger partial charge in [-0.1, -0.05) is 12.7 Å². The Balaban J connectivity index is 1.63. The molecule has 15 nitrogen and oxygen atoms in total. The summed E-state index contributed by atoms with van der Waals surface area (Å²) in [6, 6.07) is -1.05. The Morgan fingerprint density at radius 2 is 1.70 bits per heavy atom. The number of hydrazine groups is 1. The van der Waals surface area contributed by atoms with Crippen molar-refractivity contribution in [3.05, 3.63) is 50.4 Å². The van der Waals surface area contributed by atoms with Crippen LogP contribution in [0.25, 0.3) is 39.5 Å². The quantitative estimate of drug-likeness (QED) is 0.108. The molecule has 2 amide bonds. The highest BCUT2D eigenvalue weighted by molar-refractivity contribution is 14.2. The molecule has 10 N–H and O–H groups in total. The number of aromatic amines is 1. The average Bonchev–Trinajstić information content (AvgIpc) is 3.65. The van der Waals surface area contributed by atoms with Crippen LogP contribution >= 0.6 is 20.7 Å². The molecule has 3 aromatic rings. The lowest BCUT2D eigenvalue weighted by Crippen LogP contribution is -2.56. The molecule has 3 aliphatic heterocycles. The zero-order chi connectivity index (χ0) is 33.0. The van der Waals surface area contributed by atoms with Crippen LogP contribution in [0.2, 0.25) is 0 Å². The minimum atomic E-state index is -1.74. The minimum absolute atomic E-state index is 0.00903. The largest absolute Gasteiger partial charge is 0.395 e. The molecule has 0 bridgehead atoms. The maximum Gasteiger partial charge on any atom is 0.276 e. The number of carbonyl (C=O) groups excluding carboxylic acids is 2. The van der Waals surface area contributed by atoms with Gasteiger partial charge in [-0.05, 0) is 45.9 Å². The van der Waals surface area contributed by atoms with Crippen molar-refractivity contribution in [1.29, 1.82) is 0 Å². The Bertz CT molecular complexity index is 1950. The molecule has 16 heteroatoms. The molecule has 1 aromatic carbocycles. The van der Waals surface area contributed by atoms with Gasteiger partial charge in [0.25, 0.3) is 11.8 Å². The first-order valence-corrected chi connectivity index (χ1v) is 16.5. The summed E-state index contributed by atoms with van der Waals surface area (Å²) < 4.78 is 8.00. The van der Waals surface area contributed by atoms with Crippen LogP contribution < -0.4 is 5.43 Å². The van der Waals surface area contributed by atoms with Gasteiger partial charge in [-0.25, -0.2) is 10.4 Å². The standard InChI is InChI=1S/C30H31IN4O11/c1-10-20-12(5-6-30(10,2)45)16-18-19(28(44)35(27(18)43)33-11(7-36)8-37)17-13-3-4-15(39)31-26(13)34(22(17)21(16)32-20)29-25(42)24(41)23(40)14(9-38)46-29/h3-6,11,14,23-25,29,32-33,36-42,45H,1,7-9H2,2H3. The normalized spacial score (nSPS) is 29.1. The molecule has 6 atom stereocenters. The first kappa shape index (κ1) is 31.5. The van der Waals surface area contributed by atoms with Gasteiger partial charge < -0.3 is 55.1 Å². The summed E-state index contributed by atoms with van der Waals surface area (Å²) in [5.41, 5.74) is 3.14. The summed E-state index contributed by atoms with van der Waals surface area (Å²) in [6.45, 7) is 3.73. The van der Waals surface area contributed by atoms with E-state index in [4.69, 9.17) is 4.74 Å². The molecule has 0 saturated carbocycles. The molecule has 7 rings (SSSR count). The van der Waals surface area contributed by atoms with E-state index in [2.05, 4.69) is 17.0 Å². The Labute approximate surface area is 269 Å². The van der Waals surface area contributed by atoms with Crippen LogP contribution in [0.5, 0.6) is 0 Å². The molecular formula is C30H31IN4O11. The van der Waals surface area contributed by atoms with E-state index in [0.717, 1.165) is 5.01 Å². The number of amides is 2. The number of hydrogen-bond donors (Lipinski definition) is 10. The van der Waals surface area contributed by atoms with Gasteiger partial charge in [0, 0.05) is 27.5 Å². The molecule has 1 aliphatic carbocycles. The van der Waals surface area contributed by atoms with Gasteiger partial charge in [-0.3, -0.25) is 9.59 Å². The van der Waals surface area contributed by atoms with Crippen LogP contribution in [-0.2, 0) is 4.74 Å². The predicted octanol–water partition coefficient (Wildman–Crippen LogP) is -0.991. The highest BCUT2D eigenvalue weighted by Gasteiger charge is 2.48. The van der Waals surface area contributed by atoms with Gasteiger partial charge in [0.1, 0.15) is 33.7 Å². The van der Waals surface area contributed by atoms with E-state index in [9.17, 15) is 50.4 Å². The van der Waals surface area contributed by atoms with Gasteiger partial charge in [0.05, 0.1) is 57.4 Å². The number of fused-ring (bicyclic) bond motifs is 10. The fraction of sp³-hybridized carbons (Fsp3) is 0.367. The number of aliphatic hydroxyl groups is 8. The van der Waals surface area contributed by atoms with Crippen LogP contribution in [-0.4, -0.2) is 127 Å².